The van der Waals surface area contributed by atoms with Gasteiger partial charge in [0.1, 0.15) is 5.02 Å². The van der Waals surface area contributed by atoms with Gasteiger partial charge in [0.2, 0.25) is 0 Å². The first kappa shape index (κ1) is 15.6. The Hall–Kier alpha value is -1.82. The quantitative estimate of drug-likeness (QED) is 0.641. The van der Waals surface area contributed by atoms with Gasteiger partial charge in [0.25, 0.3) is 11.6 Å². The summed E-state index contributed by atoms with van der Waals surface area (Å²) in [5.41, 5.74) is 0.235. The number of carbonyl (C=O) groups excluding carboxylic acids is 1. The van der Waals surface area contributed by atoms with Crippen LogP contribution in [0.3, 0.4) is 0 Å². The summed E-state index contributed by atoms with van der Waals surface area (Å²) in [4.78, 5) is 22.1. The van der Waals surface area contributed by atoms with Crippen LogP contribution in [-0.4, -0.2) is 10.8 Å². The Balaban J connectivity index is 2.27. The van der Waals surface area contributed by atoms with Gasteiger partial charge in [0.15, 0.2) is 0 Å². The second-order valence-electron chi connectivity index (χ2n) is 3.98. The molecule has 0 heterocycles. The van der Waals surface area contributed by atoms with Gasteiger partial charge in [0.05, 0.1) is 20.7 Å². The van der Waals surface area contributed by atoms with Gasteiger partial charge in [-0.1, -0.05) is 40.9 Å². The third-order valence-electron chi connectivity index (χ3n) is 2.61. The molecule has 108 valence electrons. The SMILES string of the molecule is O=C(Nc1cccc(Cl)c1Cl)c1ccc([N+](=O)[O-])c(Cl)c1. The largest absolute Gasteiger partial charge is 0.321 e. The molecule has 2 rings (SSSR count). The summed E-state index contributed by atoms with van der Waals surface area (Å²) < 4.78 is 0. The van der Waals surface area contributed by atoms with Gasteiger partial charge in [0, 0.05) is 11.6 Å². The normalized spacial score (nSPS) is 10.2. The lowest BCUT2D eigenvalue weighted by molar-refractivity contribution is -0.384. The molecular weight excluding hydrogens is 339 g/mol. The second kappa shape index (κ2) is 6.30. The number of rotatable bonds is 3. The minimum atomic E-state index is -0.627. The van der Waals surface area contributed by atoms with Gasteiger partial charge >= 0.3 is 0 Å². The van der Waals surface area contributed by atoms with Crippen molar-refractivity contribution in [1.82, 2.24) is 0 Å². The highest BCUT2D eigenvalue weighted by molar-refractivity contribution is 6.44. The third-order valence-corrected chi connectivity index (χ3v) is 3.73. The Morgan fingerprint density at radius 2 is 1.81 bits per heavy atom. The molecule has 0 spiro atoms. The van der Waals surface area contributed by atoms with Gasteiger partial charge in [-0.2, -0.15) is 0 Å². The maximum absolute atomic E-state index is 12.1. The Morgan fingerprint density at radius 1 is 1.10 bits per heavy atom. The van der Waals surface area contributed by atoms with E-state index in [0.29, 0.717) is 10.7 Å². The summed E-state index contributed by atoms with van der Waals surface area (Å²) >= 11 is 17.6. The fourth-order valence-electron chi connectivity index (χ4n) is 1.59. The molecule has 21 heavy (non-hydrogen) atoms. The first-order chi connectivity index (χ1) is 9.90. The molecule has 0 radical (unpaired) electrons. The molecule has 0 atom stereocenters. The van der Waals surface area contributed by atoms with Crippen molar-refractivity contribution in [2.75, 3.05) is 5.32 Å². The molecule has 0 aromatic heterocycles. The van der Waals surface area contributed by atoms with E-state index in [4.69, 9.17) is 34.8 Å². The summed E-state index contributed by atoms with van der Waals surface area (Å²) in [7, 11) is 0. The van der Waals surface area contributed by atoms with Crippen LogP contribution in [0, 0.1) is 10.1 Å². The zero-order valence-corrected chi connectivity index (χ0v) is 12.5. The molecule has 0 bridgehead atoms. The van der Waals surface area contributed by atoms with Gasteiger partial charge in [-0.15, -0.1) is 0 Å². The molecule has 0 saturated heterocycles. The van der Waals surface area contributed by atoms with Crippen molar-refractivity contribution in [3.63, 3.8) is 0 Å². The summed E-state index contributed by atoms with van der Waals surface area (Å²) in [6.07, 6.45) is 0. The van der Waals surface area contributed by atoms with Crippen LogP contribution in [0.2, 0.25) is 15.1 Å². The lowest BCUT2D eigenvalue weighted by atomic mass is 10.2. The van der Waals surface area contributed by atoms with E-state index in [1.807, 2.05) is 0 Å². The molecule has 2 aromatic carbocycles. The smallest absolute Gasteiger partial charge is 0.287 e. The van der Waals surface area contributed by atoms with Crippen LogP contribution in [0.5, 0.6) is 0 Å². The van der Waals surface area contributed by atoms with Crippen LogP contribution in [0.1, 0.15) is 10.4 Å². The number of hydrogen-bond donors (Lipinski definition) is 1. The second-order valence-corrected chi connectivity index (χ2v) is 5.17. The van der Waals surface area contributed by atoms with Gasteiger partial charge in [-0.25, -0.2) is 0 Å². The molecule has 0 aliphatic heterocycles. The van der Waals surface area contributed by atoms with Gasteiger partial charge < -0.3 is 5.32 Å². The molecule has 0 fully saturated rings. The predicted octanol–water partition coefficient (Wildman–Crippen LogP) is 4.81. The average Bonchev–Trinajstić information content (AvgIpc) is 2.43. The maximum atomic E-state index is 12.1. The number of nitrogens with one attached hydrogen (secondary N) is 1. The van der Waals surface area contributed by atoms with E-state index in [1.54, 1.807) is 18.2 Å². The molecule has 8 heteroatoms. The van der Waals surface area contributed by atoms with Crippen molar-refractivity contribution in [2.24, 2.45) is 0 Å². The van der Waals surface area contributed by atoms with E-state index in [-0.39, 0.29) is 21.3 Å². The van der Waals surface area contributed by atoms with Crippen LogP contribution >= 0.6 is 34.8 Å². The number of nitrogens with zero attached hydrogens (tertiary/aromatic N) is 1. The molecular formula is C13H7Cl3N2O3. The lowest BCUT2D eigenvalue weighted by Gasteiger charge is -2.08. The minimum Gasteiger partial charge on any atom is -0.321 e. The van der Waals surface area contributed by atoms with Crippen molar-refractivity contribution < 1.29 is 9.72 Å². The summed E-state index contributed by atoms with van der Waals surface area (Å²) in [6, 6.07) is 8.48. The number of halogens is 3. The molecule has 2 aromatic rings. The van der Waals surface area contributed by atoms with E-state index in [0.717, 1.165) is 6.07 Å². The highest BCUT2D eigenvalue weighted by Crippen LogP contribution is 2.30. The highest BCUT2D eigenvalue weighted by atomic mass is 35.5. The predicted molar refractivity (Wildman–Crippen MR) is 82.5 cm³/mol. The molecule has 0 aliphatic rings. The van der Waals surface area contributed by atoms with Crippen LogP contribution in [-0.2, 0) is 0 Å². The molecule has 0 saturated carbocycles. The van der Waals surface area contributed by atoms with E-state index >= 15 is 0 Å². The topological polar surface area (TPSA) is 72.2 Å². The maximum Gasteiger partial charge on any atom is 0.287 e. The zero-order chi connectivity index (χ0) is 15.6. The molecule has 5 nitrogen and oxygen atoms in total. The number of amides is 1. The number of benzene rings is 2. The summed E-state index contributed by atoms with van der Waals surface area (Å²) in [6.45, 7) is 0. The van der Waals surface area contributed by atoms with Gasteiger partial charge in [-0.05, 0) is 24.3 Å². The molecule has 0 unspecified atom stereocenters. The fourth-order valence-corrected chi connectivity index (χ4v) is 2.19. The van der Waals surface area contributed by atoms with E-state index in [9.17, 15) is 14.9 Å². The average molecular weight is 346 g/mol. The van der Waals surface area contributed by atoms with Crippen molar-refractivity contribution in [3.8, 4) is 0 Å². The molecule has 0 aliphatic carbocycles. The highest BCUT2D eigenvalue weighted by Gasteiger charge is 2.16. The Morgan fingerprint density at radius 3 is 2.43 bits per heavy atom. The fraction of sp³-hybridized carbons (Fsp3) is 0. The van der Waals surface area contributed by atoms with Crippen molar-refractivity contribution in [1.29, 1.82) is 0 Å². The van der Waals surface area contributed by atoms with E-state index < -0.39 is 10.8 Å². The summed E-state index contributed by atoms with van der Waals surface area (Å²) in [5, 5.41) is 13.6. The minimum absolute atomic E-state index is 0.121. The van der Waals surface area contributed by atoms with E-state index in [1.165, 1.54) is 12.1 Å². The van der Waals surface area contributed by atoms with Crippen LogP contribution in [0.15, 0.2) is 36.4 Å². The van der Waals surface area contributed by atoms with Gasteiger partial charge in [-0.3, -0.25) is 14.9 Å². The summed E-state index contributed by atoms with van der Waals surface area (Å²) in [5.74, 6) is -0.504. The van der Waals surface area contributed by atoms with Crippen molar-refractivity contribution >= 4 is 52.1 Å². The van der Waals surface area contributed by atoms with E-state index in [2.05, 4.69) is 5.32 Å². The van der Waals surface area contributed by atoms with Crippen LogP contribution < -0.4 is 5.32 Å². The number of hydrogen-bond acceptors (Lipinski definition) is 3. The Bertz CT molecular complexity index is 735. The molecule has 1 N–H and O–H groups in total. The first-order valence-electron chi connectivity index (χ1n) is 5.59. The number of carbonyl (C=O) groups is 1. The van der Waals surface area contributed by atoms with Crippen molar-refractivity contribution in [2.45, 2.75) is 0 Å². The first-order valence-corrected chi connectivity index (χ1v) is 6.73. The van der Waals surface area contributed by atoms with Crippen LogP contribution in [0.4, 0.5) is 11.4 Å². The Kier molecular flexibility index (Phi) is 4.67. The number of anilines is 1. The lowest BCUT2D eigenvalue weighted by Crippen LogP contribution is -2.12. The third kappa shape index (κ3) is 3.44. The monoisotopic (exact) mass is 344 g/mol. The zero-order valence-electron chi connectivity index (χ0n) is 10.3. The van der Waals surface area contributed by atoms with Crippen molar-refractivity contribution in [3.05, 3.63) is 67.1 Å². The standard InChI is InChI=1S/C13H7Cl3N2O3/c14-8-2-1-3-10(12(8)16)17-13(19)7-4-5-11(18(20)21)9(15)6-7/h1-6H,(H,17,19). The number of nitro benzene ring substituents is 1. The number of nitro groups is 1. The Labute approximate surface area is 134 Å². The molecule has 1 amide bonds. The van der Waals surface area contributed by atoms with Crippen LogP contribution in [0.25, 0.3) is 0 Å².